The molecule has 2 amide bonds. The number of carbonyl (C=O) groups is 2. The Labute approximate surface area is 148 Å². The fraction of sp³-hybridized carbons (Fsp3) is 0.300. The second kappa shape index (κ2) is 8.99. The van der Waals surface area contributed by atoms with E-state index < -0.39 is 11.8 Å². The average Bonchev–Trinajstić information content (AvgIpc) is 2.62. The fourth-order valence-corrected chi connectivity index (χ4v) is 2.61. The number of nitrogens with one attached hydrogen (secondary N) is 1. The SMILES string of the molecule is CC(C)c1ccccc1NC(=O)C(=O)N(CCO)Cc1ccccc1. The summed E-state index contributed by atoms with van der Waals surface area (Å²) in [6.45, 7) is 4.24. The average molecular weight is 340 g/mol. The summed E-state index contributed by atoms with van der Waals surface area (Å²) in [7, 11) is 0. The maximum absolute atomic E-state index is 12.5. The van der Waals surface area contributed by atoms with E-state index in [1.807, 2.05) is 62.4 Å². The van der Waals surface area contributed by atoms with E-state index in [4.69, 9.17) is 0 Å². The number of rotatable bonds is 6. The van der Waals surface area contributed by atoms with Crippen molar-refractivity contribution in [3.8, 4) is 0 Å². The van der Waals surface area contributed by atoms with Gasteiger partial charge in [0.05, 0.1) is 6.61 Å². The summed E-state index contributed by atoms with van der Waals surface area (Å²) in [6.07, 6.45) is 0. The number of hydrogen-bond acceptors (Lipinski definition) is 3. The number of carbonyl (C=O) groups excluding carboxylic acids is 2. The number of hydrogen-bond donors (Lipinski definition) is 2. The zero-order valence-electron chi connectivity index (χ0n) is 14.6. The van der Waals surface area contributed by atoms with E-state index in [1.165, 1.54) is 4.90 Å². The van der Waals surface area contributed by atoms with Crippen LogP contribution in [0, 0.1) is 0 Å². The van der Waals surface area contributed by atoms with E-state index in [9.17, 15) is 14.7 Å². The first-order valence-corrected chi connectivity index (χ1v) is 8.37. The summed E-state index contributed by atoms with van der Waals surface area (Å²) < 4.78 is 0. The number of para-hydroxylation sites is 1. The Kier molecular flexibility index (Phi) is 6.71. The minimum Gasteiger partial charge on any atom is -0.395 e. The maximum Gasteiger partial charge on any atom is 0.313 e. The molecule has 0 aromatic heterocycles. The van der Waals surface area contributed by atoms with Crippen LogP contribution < -0.4 is 5.32 Å². The molecule has 2 rings (SSSR count). The normalized spacial score (nSPS) is 10.6. The Morgan fingerprint density at radius 2 is 1.68 bits per heavy atom. The van der Waals surface area contributed by atoms with Gasteiger partial charge < -0.3 is 15.3 Å². The summed E-state index contributed by atoms with van der Waals surface area (Å²) in [5.74, 6) is -1.13. The topological polar surface area (TPSA) is 69.6 Å². The Balaban J connectivity index is 2.12. The van der Waals surface area contributed by atoms with Gasteiger partial charge in [-0.1, -0.05) is 62.4 Å². The number of anilines is 1. The highest BCUT2D eigenvalue weighted by molar-refractivity contribution is 6.39. The highest BCUT2D eigenvalue weighted by Crippen LogP contribution is 2.23. The second-order valence-electron chi connectivity index (χ2n) is 6.13. The lowest BCUT2D eigenvalue weighted by Crippen LogP contribution is -2.41. The minimum atomic E-state index is -0.697. The smallest absolute Gasteiger partial charge is 0.313 e. The minimum absolute atomic E-state index is 0.104. The summed E-state index contributed by atoms with van der Waals surface area (Å²) in [4.78, 5) is 26.3. The number of aliphatic hydroxyl groups is 1. The van der Waals surface area contributed by atoms with Gasteiger partial charge in [0.15, 0.2) is 0 Å². The van der Waals surface area contributed by atoms with Crippen LogP contribution in [0.5, 0.6) is 0 Å². The van der Waals surface area contributed by atoms with E-state index >= 15 is 0 Å². The van der Waals surface area contributed by atoms with E-state index in [0.717, 1.165) is 11.1 Å². The van der Waals surface area contributed by atoms with Crippen LogP contribution in [0.3, 0.4) is 0 Å². The van der Waals surface area contributed by atoms with Gasteiger partial charge in [-0.2, -0.15) is 0 Å². The van der Waals surface area contributed by atoms with Crippen molar-refractivity contribution in [2.24, 2.45) is 0 Å². The van der Waals surface area contributed by atoms with Crippen LogP contribution >= 0.6 is 0 Å². The lowest BCUT2D eigenvalue weighted by atomic mass is 10.0. The first-order chi connectivity index (χ1) is 12.0. The molecule has 25 heavy (non-hydrogen) atoms. The molecule has 0 bridgehead atoms. The van der Waals surface area contributed by atoms with Crippen LogP contribution in [0.25, 0.3) is 0 Å². The quantitative estimate of drug-likeness (QED) is 0.795. The Hall–Kier alpha value is -2.66. The molecule has 0 heterocycles. The molecule has 5 heteroatoms. The number of amides is 2. The van der Waals surface area contributed by atoms with E-state index in [2.05, 4.69) is 5.32 Å². The Morgan fingerprint density at radius 3 is 2.32 bits per heavy atom. The summed E-state index contributed by atoms with van der Waals surface area (Å²) in [6, 6.07) is 16.8. The molecule has 0 spiro atoms. The van der Waals surface area contributed by atoms with Gasteiger partial charge in [0.2, 0.25) is 0 Å². The van der Waals surface area contributed by atoms with Gasteiger partial charge in [-0.3, -0.25) is 9.59 Å². The third-order valence-electron chi connectivity index (χ3n) is 3.90. The highest BCUT2D eigenvalue weighted by Gasteiger charge is 2.22. The summed E-state index contributed by atoms with van der Waals surface area (Å²) in [5, 5.41) is 11.9. The molecule has 0 aliphatic rings. The summed E-state index contributed by atoms with van der Waals surface area (Å²) >= 11 is 0. The molecular weight excluding hydrogens is 316 g/mol. The number of benzene rings is 2. The third-order valence-corrected chi connectivity index (χ3v) is 3.90. The van der Waals surface area contributed by atoms with Gasteiger partial charge >= 0.3 is 11.8 Å². The molecule has 0 radical (unpaired) electrons. The standard InChI is InChI=1S/C20H24N2O3/c1-15(2)17-10-6-7-11-18(17)21-19(24)20(25)22(12-13-23)14-16-8-4-3-5-9-16/h3-11,15,23H,12-14H2,1-2H3,(H,21,24). The Bertz CT molecular complexity index is 714. The van der Waals surface area contributed by atoms with E-state index in [1.54, 1.807) is 6.07 Å². The zero-order valence-corrected chi connectivity index (χ0v) is 14.6. The largest absolute Gasteiger partial charge is 0.395 e. The predicted molar refractivity (Wildman–Crippen MR) is 98.1 cm³/mol. The van der Waals surface area contributed by atoms with Crippen molar-refractivity contribution in [2.45, 2.75) is 26.3 Å². The van der Waals surface area contributed by atoms with Gasteiger partial charge in [-0.15, -0.1) is 0 Å². The van der Waals surface area contributed by atoms with Crippen molar-refractivity contribution in [3.63, 3.8) is 0 Å². The molecular formula is C20H24N2O3. The van der Waals surface area contributed by atoms with Gasteiger partial charge in [0.1, 0.15) is 0 Å². The molecule has 0 saturated heterocycles. The van der Waals surface area contributed by atoms with Crippen molar-refractivity contribution in [1.82, 2.24) is 4.90 Å². The van der Waals surface area contributed by atoms with Crippen LogP contribution in [0.4, 0.5) is 5.69 Å². The number of aliphatic hydroxyl groups excluding tert-OH is 1. The molecule has 0 fully saturated rings. The maximum atomic E-state index is 12.5. The van der Waals surface area contributed by atoms with Crippen molar-refractivity contribution in [2.75, 3.05) is 18.5 Å². The molecule has 0 aliphatic carbocycles. The van der Waals surface area contributed by atoms with Gasteiger partial charge in [0.25, 0.3) is 0 Å². The molecule has 132 valence electrons. The van der Waals surface area contributed by atoms with Crippen LogP contribution in [0.2, 0.25) is 0 Å². The van der Waals surface area contributed by atoms with Gasteiger partial charge in [-0.05, 0) is 23.1 Å². The molecule has 2 aromatic rings. The second-order valence-corrected chi connectivity index (χ2v) is 6.13. The molecule has 2 aromatic carbocycles. The molecule has 0 aliphatic heterocycles. The zero-order chi connectivity index (χ0) is 18.2. The highest BCUT2D eigenvalue weighted by atomic mass is 16.3. The van der Waals surface area contributed by atoms with Gasteiger partial charge in [-0.25, -0.2) is 0 Å². The lowest BCUT2D eigenvalue weighted by Gasteiger charge is -2.22. The Morgan fingerprint density at radius 1 is 1.04 bits per heavy atom. The van der Waals surface area contributed by atoms with Crippen LogP contribution in [-0.2, 0) is 16.1 Å². The van der Waals surface area contributed by atoms with E-state index in [0.29, 0.717) is 5.69 Å². The first-order valence-electron chi connectivity index (χ1n) is 8.37. The predicted octanol–water partition coefficient (Wildman–Crippen LogP) is 2.77. The van der Waals surface area contributed by atoms with Crippen LogP contribution in [0.15, 0.2) is 54.6 Å². The van der Waals surface area contributed by atoms with Crippen LogP contribution in [0.1, 0.15) is 30.9 Å². The molecule has 0 saturated carbocycles. The first kappa shape index (κ1) is 18.7. The molecule has 5 nitrogen and oxygen atoms in total. The van der Waals surface area contributed by atoms with E-state index in [-0.39, 0.29) is 25.6 Å². The fourth-order valence-electron chi connectivity index (χ4n) is 2.61. The monoisotopic (exact) mass is 340 g/mol. The lowest BCUT2D eigenvalue weighted by molar-refractivity contribution is -0.143. The van der Waals surface area contributed by atoms with Crippen LogP contribution in [-0.4, -0.2) is 35.0 Å². The van der Waals surface area contributed by atoms with Crippen molar-refractivity contribution < 1.29 is 14.7 Å². The molecule has 0 unspecified atom stereocenters. The summed E-state index contributed by atoms with van der Waals surface area (Å²) in [5.41, 5.74) is 2.51. The van der Waals surface area contributed by atoms with Gasteiger partial charge in [0, 0.05) is 18.8 Å². The number of nitrogens with zero attached hydrogens (tertiary/aromatic N) is 1. The molecule has 0 atom stereocenters. The molecule has 2 N–H and O–H groups in total. The van der Waals surface area contributed by atoms with Crippen molar-refractivity contribution >= 4 is 17.5 Å². The third kappa shape index (κ3) is 5.16. The van der Waals surface area contributed by atoms with Crippen molar-refractivity contribution in [1.29, 1.82) is 0 Å². The van der Waals surface area contributed by atoms with Crippen molar-refractivity contribution in [3.05, 3.63) is 65.7 Å².